The zero-order valence-corrected chi connectivity index (χ0v) is 16.8. The Balaban J connectivity index is 0.00000288. The predicted molar refractivity (Wildman–Crippen MR) is 110 cm³/mol. The van der Waals surface area contributed by atoms with Crippen molar-refractivity contribution >= 4 is 35.6 Å². The number of halogens is 1. The molecule has 2 aromatic rings. The van der Waals surface area contributed by atoms with Crippen LogP contribution in [0.15, 0.2) is 29.4 Å². The number of unbranched alkanes of at least 4 members (excludes halogenated alkanes) is 5. The summed E-state index contributed by atoms with van der Waals surface area (Å²) < 4.78 is 1.99. The van der Waals surface area contributed by atoms with Crippen molar-refractivity contribution < 1.29 is 0 Å². The molecule has 0 aliphatic heterocycles. The van der Waals surface area contributed by atoms with Crippen LogP contribution in [-0.2, 0) is 6.42 Å². The monoisotopic (exact) mass is 444 g/mol. The van der Waals surface area contributed by atoms with E-state index >= 15 is 0 Å². The van der Waals surface area contributed by atoms with E-state index in [1.54, 1.807) is 0 Å². The first-order valence-electron chi connectivity index (χ1n) is 8.63. The van der Waals surface area contributed by atoms with E-state index in [0.29, 0.717) is 12.5 Å². The van der Waals surface area contributed by atoms with Gasteiger partial charge < -0.3 is 11.1 Å². The molecule has 0 atom stereocenters. The van der Waals surface area contributed by atoms with Gasteiger partial charge in [-0.3, -0.25) is 9.39 Å². The molecule has 0 aromatic carbocycles. The molecule has 0 spiro atoms. The summed E-state index contributed by atoms with van der Waals surface area (Å²) in [6, 6.07) is 5.88. The van der Waals surface area contributed by atoms with Crippen molar-refractivity contribution in [1.82, 2.24) is 19.9 Å². The van der Waals surface area contributed by atoms with Gasteiger partial charge in [0.1, 0.15) is 5.82 Å². The summed E-state index contributed by atoms with van der Waals surface area (Å²) in [6.45, 7) is 3.75. The molecule has 2 heterocycles. The molecule has 0 saturated heterocycles. The van der Waals surface area contributed by atoms with Crippen LogP contribution in [0.25, 0.3) is 5.65 Å². The molecule has 3 N–H and O–H groups in total. The van der Waals surface area contributed by atoms with Gasteiger partial charge in [-0.15, -0.1) is 34.2 Å². The topological polar surface area (TPSA) is 80.6 Å². The highest BCUT2D eigenvalue weighted by Gasteiger charge is 2.03. The fourth-order valence-electron chi connectivity index (χ4n) is 2.51. The molecule has 0 amide bonds. The van der Waals surface area contributed by atoms with E-state index in [-0.39, 0.29) is 24.0 Å². The van der Waals surface area contributed by atoms with Gasteiger partial charge in [-0.25, -0.2) is 0 Å². The number of hydrogen-bond acceptors (Lipinski definition) is 3. The number of nitrogens with two attached hydrogens (primary N) is 1. The van der Waals surface area contributed by atoms with Crippen LogP contribution in [-0.4, -0.2) is 33.6 Å². The molecule has 0 fully saturated rings. The molecule has 0 aliphatic carbocycles. The molecule has 0 bridgehead atoms. The molecule has 0 unspecified atom stereocenters. The zero-order chi connectivity index (χ0) is 16.3. The quantitative estimate of drug-likeness (QED) is 0.255. The van der Waals surface area contributed by atoms with Crippen LogP contribution in [0.5, 0.6) is 0 Å². The second-order valence-electron chi connectivity index (χ2n) is 5.76. The summed E-state index contributed by atoms with van der Waals surface area (Å²) in [4.78, 5) is 4.36. The Morgan fingerprint density at radius 2 is 1.96 bits per heavy atom. The fourth-order valence-corrected chi connectivity index (χ4v) is 2.51. The van der Waals surface area contributed by atoms with Gasteiger partial charge in [-0.05, 0) is 18.6 Å². The average Bonchev–Trinajstić information content (AvgIpc) is 2.97. The number of fused-ring (bicyclic) bond motifs is 1. The molecular formula is C17H29IN6. The maximum absolute atomic E-state index is 5.88. The van der Waals surface area contributed by atoms with Gasteiger partial charge in [0.15, 0.2) is 11.6 Å². The third-order valence-corrected chi connectivity index (χ3v) is 3.83. The molecular weight excluding hydrogens is 415 g/mol. The van der Waals surface area contributed by atoms with Crippen LogP contribution in [0, 0.1) is 0 Å². The Morgan fingerprint density at radius 3 is 2.79 bits per heavy atom. The van der Waals surface area contributed by atoms with Crippen LogP contribution < -0.4 is 11.1 Å². The molecule has 7 heteroatoms. The van der Waals surface area contributed by atoms with Crippen molar-refractivity contribution in [3.63, 3.8) is 0 Å². The summed E-state index contributed by atoms with van der Waals surface area (Å²) in [5.74, 6) is 1.45. The Morgan fingerprint density at radius 1 is 1.17 bits per heavy atom. The summed E-state index contributed by atoms with van der Waals surface area (Å²) in [6.07, 6.45) is 10.3. The lowest BCUT2D eigenvalue weighted by atomic mass is 10.1. The zero-order valence-electron chi connectivity index (χ0n) is 14.4. The number of nitrogens with zero attached hydrogens (tertiary/aromatic N) is 4. The summed E-state index contributed by atoms with van der Waals surface area (Å²) in [5.41, 5.74) is 6.75. The normalized spacial score (nSPS) is 11.5. The Hall–Kier alpha value is -1.38. The maximum Gasteiger partial charge on any atom is 0.188 e. The molecule has 2 aromatic heterocycles. The van der Waals surface area contributed by atoms with Crippen molar-refractivity contribution in [3.8, 4) is 0 Å². The Kier molecular flexibility index (Phi) is 10.4. The van der Waals surface area contributed by atoms with E-state index in [1.165, 1.54) is 32.1 Å². The van der Waals surface area contributed by atoms with Crippen LogP contribution in [0.1, 0.15) is 51.3 Å². The van der Waals surface area contributed by atoms with Crippen molar-refractivity contribution in [2.24, 2.45) is 10.7 Å². The van der Waals surface area contributed by atoms with Crippen molar-refractivity contribution in [1.29, 1.82) is 0 Å². The number of hydrogen-bond donors (Lipinski definition) is 2. The predicted octanol–water partition coefficient (Wildman–Crippen LogP) is 3.15. The van der Waals surface area contributed by atoms with Crippen molar-refractivity contribution in [2.45, 2.75) is 51.9 Å². The van der Waals surface area contributed by atoms with Gasteiger partial charge in [0.25, 0.3) is 0 Å². The smallest absolute Gasteiger partial charge is 0.188 e. The molecule has 134 valence electrons. The maximum atomic E-state index is 5.88. The molecule has 0 radical (unpaired) electrons. The van der Waals surface area contributed by atoms with Gasteiger partial charge in [-0.2, -0.15) is 0 Å². The summed E-state index contributed by atoms with van der Waals surface area (Å²) >= 11 is 0. The number of pyridine rings is 1. The molecule has 0 saturated carbocycles. The van der Waals surface area contributed by atoms with Crippen LogP contribution >= 0.6 is 24.0 Å². The Bertz CT molecular complexity index is 610. The second-order valence-corrected chi connectivity index (χ2v) is 5.76. The van der Waals surface area contributed by atoms with Gasteiger partial charge in [0.2, 0.25) is 0 Å². The molecule has 6 nitrogen and oxygen atoms in total. The van der Waals surface area contributed by atoms with Gasteiger partial charge in [0.05, 0.1) is 0 Å². The van der Waals surface area contributed by atoms with E-state index in [2.05, 4.69) is 27.4 Å². The standard InChI is InChI=1S/C17H28N6.HI/c1-2-3-4-5-6-8-12-19-17(18)20-13-11-16-22-21-15-10-7-9-14-23(15)16;/h7,9-10,14H,2-6,8,11-13H2,1H3,(H3,18,19,20);1H. The molecule has 0 aliphatic rings. The van der Waals surface area contributed by atoms with Gasteiger partial charge >= 0.3 is 0 Å². The highest BCUT2D eigenvalue weighted by atomic mass is 127. The van der Waals surface area contributed by atoms with E-state index < -0.39 is 0 Å². The fraction of sp³-hybridized carbons (Fsp3) is 0.588. The summed E-state index contributed by atoms with van der Waals surface area (Å²) in [7, 11) is 0. The lowest BCUT2D eigenvalue weighted by Crippen LogP contribution is -2.33. The van der Waals surface area contributed by atoms with Crippen molar-refractivity contribution in [2.75, 3.05) is 13.1 Å². The highest BCUT2D eigenvalue weighted by molar-refractivity contribution is 14.0. The van der Waals surface area contributed by atoms with Crippen LogP contribution in [0.2, 0.25) is 0 Å². The van der Waals surface area contributed by atoms with E-state index in [0.717, 1.165) is 30.9 Å². The number of rotatable bonds is 10. The van der Waals surface area contributed by atoms with E-state index in [1.807, 2.05) is 28.8 Å². The van der Waals surface area contributed by atoms with Crippen molar-refractivity contribution in [3.05, 3.63) is 30.2 Å². The average molecular weight is 444 g/mol. The third kappa shape index (κ3) is 7.02. The first-order chi connectivity index (χ1) is 11.3. The number of aliphatic imine (C=N–C) groups is 1. The number of nitrogens with one attached hydrogen (secondary N) is 1. The third-order valence-electron chi connectivity index (χ3n) is 3.83. The minimum Gasteiger partial charge on any atom is -0.370 e. The van der Waals surface area contributed by atoms with Gasteiger partial charge in [0, 0.05) is 25.7 Å². The Labute approximate surface area is 161 Å². The minimum absolute atomic E-state index is 0. The van der Waals surface area contributed by atoms with Gasteiger partial charge in [-0.1, -0.05) is 45.1 Å². The molecule has 2 rings (SSSR count). The second kappa shape index (κ2) is 12.0. The lowest BCUT2D eigenvalue weighted by Gasteiger charge is -2.05. The number of guanidine groups is 1. The largest absolute Gasteiger partial charge is 0.370 e. The van der Waals surface area contributed by atoms with Crippen LogP contribution in [0.4, 0.5) is 0 Å². The summed E-state index contributed by atoms with van der Waals surface area (Å²) in [5, 5.41) is 11.5. The highest BCUT2D eigenvalue weighted by Crippen LogP contribution is 2.05. The first kappa shape index (κ1) is 20.7. The van der Waals surface area contributed by atoms with Crippen LogP contribution in [0.3, 0.4) is 0 Å². The lowest BCUT2D eigenvalue weighted by molar-refractivity contribution is 0.611. The van der Waals surface area contributed by atoms with E-state index in [9.17, 15) is 0 Å². The van der Waals surface area contributed by atoms with E-state index in [4.69, 9.17) is 5.73 Å². The first-order valence-corrected chi connectivity index (χ1v) is 8.63. The number of aromatic nitrogens is 3. The molecule has 24 heavy (non-hydrogen) atoms. The minimum atomic E-state index is 0. The SMILES string of the molecule is CCCCCCCCN=C(N)NCCc1nnc2ccccn12.I.